The van der Waals surface area contributed by atoms with Crippen LogP contribution >= 0.6 is 11.8 Å². The summed E-state index contributed by atoms with van der Waals surface area (Å²) in [5.74, 6) is 1.40. The Kier molecular flexibility index (Phi) is 6.77. The predicted molar refractivity (Wildman–Crippen MR) is 122 cm³/mol. The number of thioether (sulfide) groups is 1. The second kappa shape index (κ2) is 9.70. The maximum atomic E-state index is 13.9. The number of H-pyrrole nitrogens is 1. The summed E-state index contributed by atoms with van der Waals surface area (Å²) >= 11 is 1.60. The van der Waals surface area contributed by atoms with Gasteiger partial charge in [0.25, 0.3) is 0 Å². The van der Waals surface area contributed by atoms with Gasteiger partial charge in [0.15, 0.2) is 11.6 Å². The van der Waals surface area contributed by atoms with Crippen molar-refractivity contribution in [1.82, 2.24) is 19.8 Å². The first kappa shape index (κ1) is 21.6. The minimum absolute atomic E-state index is 0.114. The first-order valence-electron chi connectivity index (χ1n) is 10.4. The van der Waals surface area contributed by atoms with Gasteiger partial charge in [0.05, 0.1) is 29.1 Å². The molecule has 1 aliphatic heterocycles. The van der Waals surface area contributed by atoms with E-state index in [1.54, 1.807) is 17.8 Å². The average Bonchev–Trinajstić information content (AvgIpc) is 3.22. The number of piperazine rings is 1. The fraction of sp³-hybridized carbons (Fsp3) is 0.391. The molecule has 2 aromatic carbocycles. The van der Waals surface area contributed by atoms with Gasteiger partial charge >= 0.3 is 0 Å². The molecule has 3 aromatic rings. The highest BCUT2D eigenvalue weighted by molar-refractivity contribution is 8.00. The highest BCUT2D eigenvalue weighted by Crippen LogP contribution is 2.28. The molecule has 0 aliphatic carbocycles. The van der Waals surface area contributed by atoms with Gasteiger partial charge in [0, 0.05) is 32.7 Å². The Bertz CT molecular complexity index is 1020. The van der Waals surface area contributed by atoms with Crippen molar-refractivity contribution in [2.75, 3.05) is 39.0 Å². The summed E-state index contributed by atoms with van der Waals surface area (Å²) in [7, 11) is 1.46. The van der Waals surface area contributed by atoms with Crippen LogP contribution in [0.2, 0.25) is 0 Å². The molecule has 1 fully saturated rings. The van der Waals surface area contributed by atoms with Crippen molar-refractivity contribution in [1.29, 1.82) is 0 Å². The van der Waals surface area contributed by atoms with Crippen molar-refractivity contribution in [2.24, 2.45) is 0 Å². The lowest BCUT2D eigenvalue weighted by Gasteiger charge is -2.35. The van der Waals surface area contributed by atoms with Gasteiger partial charge in [-0.05, 0) is 36.8 Å². The fourth-order valence-corrected chi connectivity index (χ4v) is 4.60. The number of rotatable bonds is 7. The quantitative estimate of drug-likeness (QED) is 0.602. The molecular weight excluding hydrogens is 415 g/mol. The van der Waals surface area contributed by atoms with E-state index in [4.69, 9.17) is 4.74 Å². The summed E-state index contributed by atoms with van der Waals surface area (Å²) in [5.41, 5.74) is 2.88. The molecule has 1 unspecified atom stereocenters. The molecule has 6 nitrogen and oxygen atoms in total. The Morgan fingerprint density at radius 3 is 2.71 bits per heavy atom. The van der Waals surface area contributed by atoms with Crippen LogP contribution in [-0.4, -0.2) is 64.7 Å². The van der Waals surface area contributed by atoms with Gasteiger partial charge in [-0.2, -0.15) is 0 Å². The van der Waals surface area contributed by atoms with Crippen LogP contribution in [-0.2, 0) is 11.3 Å². The summed E-state index contributed by atoms with van der Waals surface area (Å²) in [6, 6.07) is 13.0. The number of nitrogens with zero attached hydrogens (tertiary/aromatic N) is 3. The van der Waals surface area contributed by atoms with Crippen LogP contribution in [0.3, 0.4) is 0 Å². The van der Waals surface area contributed by atoms with E-state index in [9.17, 15) is 9.18 Å². The van der Waals surface area contributed by atoms with Crippen molar-refractivity contribution in [3.63, 3.8) is 0 Å². The lowest BCUT2D eigenvalue weighted by Crippen LogP contribution is -2.48. The maximum absolute atomic E-state index is 13.9. The number of carbonyl (C=O) groups is 1. The number of hydrogen-bond acceptors (Lipinski definition) is 5. The van der Waals surface area contributed by atoms with Crippen molar-refractivity contribution < 1.29 is 13.9 Å². The van der Waals surface area contributed by atoms with Crippen molar-refractivity contribution >= 4 is 28.7 Å². The third kappa shape index (κ3) is 5.19. The number of hydrogen-bond donors (Lipinski definition) is 1. The third-order valence-electron chi connectivity index (χ3n) is 5.60. The lowest BCUT2D eigenvalue weighted by molar-refractivity contribution is -0.130. The Morgan fingerprint density at radius 1 is 1.23 bits per heavy atom. The number of amides is 1. The molecule has 2 heterocycles. The number of para-hydroxylation sites is 2. The Balaban J connectivity index is 1.24. The van der Waals surface area contributed by atoms with Crippen LogP contribution in [0.15, 0.2) is 42.5 Å². The van der Waals surface area contributed by atoms with E-state index in [0.29, 0.717) is 25.4 Å². The van der Waals surface area contributed by atoms with Crippen LogP contribution < -0.4 is 4.74 Å². The number of methoxy groups -OCH3 is 1. The van der Waals surface area contributed by atoms with Crippen molar-refractivity contribution in [2.45, 2.75) is 18.7 Å². The zero-order valence-electron chi connectivity index (χ0n) is 17.8. The average molecular weight is 443 g/mol. The van der Waals surface area contributed by atoms with E-state index in [1.807, 2.05) is 35.2 Å². The first-order chi connectivity index (χ1) is 15.0. The predicted octanol–water partition coefficient (Wildman–Crippen LogP) is 3.85. The summed E-state index contributed by atoms with van der Waals surface area (Å²) in [5, 5.41) is 0.114. The van der Waals surface area contributed by atoms with Crippen LogP contribution in [0.5, 0.6) is 5.75 Å². The van der Waals surface area contributed by atoms with Crippen molar-refractivity contribution in [3.8, 4) is 5.75 Å². The molecule has 1 amide bonds. The van der Waals surface area contributed by atoms with Crippen molar-refractivity contribution in [3.05, 3.63) is 59.7 Å². The molecule has 1 aromatic heterocycles. The normalized spacial score (nSPS) is 15.9. The van der Waals surface area contributed by atoms with E-state index in [2.05, 4.69) is 21.8 Å². The molecule has 8 heteroatoms. The third-order valence-corrected chi connectivity index (χ3v) is 6.73. The summed E-state index contributed by atoms with van der Waals surface area (Å²) in [6.07, 6.45) is 0. The number of ether oxygens (including phenoxy) is 1. The number of benzene rings is 2. The zero-order chi connectivity index (χ0) is 21.8. The molecule has 0 saturated carbocycles. The van der Waals surface area contributed by atoms with Crippen LogP contribution in [0.25, 0.3) is 11.0 Å². The van der Waals surface area contributed by atoms with Gasteiger partial charge in [-0.15, -0.1) is 11.8 Å². The van der Waals surface area contributed by atoms with Gasteiger partial charge in [-0.1, -0.05) is 18.2 Å². The van der Waals surface area contributed by atoms with E-state index >= 15 is 0 Å². The summed E-state index contributed by atoms with van der Waals surface area (Å²) in [4.78, 5) is 24.8. The number of aromatic amines is 1. The number of fused-ring (bicyclic) bond motifs is 1. The molecular formula is C23H27FN4O2S. The highest BCUT2D eigenvalue weighted by Gasteiger charge is 2.22. The molecule has 0 bridgehead atoms. The fourth-order valence-electron chi connectivity index (χ4n) is 3.75. The minimum atomic E-state index is -0.343. The second-order valence-electron chi connectivity index (χ2n) is 7.72. The second-order valence-corrected chi connectivity index (χ2v) is 9.05. The molecule has 164 valence electrons. The van der Waals surface area contributed by atoms with E-state index in [1.165, 1.54) is 13.2 Å². The summed E-state index contributed by atoms with van der Waals surface area (Å²) < 4.78 is 18.9. The Morgan fingerprint density at radius 2 is 2.00 bits per heavy atom. The highest BCUT2D eigenvalue weighted by atomic mass is 32.2. The Hall–Kier alpha value is -2.58. The van der Waals surface area contributed by atoms with Crippen LogP contribution in [0, 0.1) is 5.82 Å². The van der Waals surface area contributed by atoms with Crippen LogP contribution in [0.4, 0.5) is 4.39 Å². The molecule has 0 radical (unpaired) electrons. The number of nitrogens with one attached hydrogen (secondary N) is 1. The van der Waals surface area contributed by atoms with E-state index in [-0.39, 0.29) is 22.7 Å². The number of halogens is 1. The zero-order valence-corrected chi connectivity index (χ0v) is 18.6. The van der Waals surface area contributed by atoms with Gasteiger partial charge in [-0.25, -0.2) is 9.37 Å². The molecule has 1 atom stereocenters. The smallest absolute Gasteiger partial charge is 0.232 e. The van der Waals surface area contributed by atoms with Gasteiger partial charge in [-0.3, -0.25) is 9.69 Å². The van der Waals surface area contributed by atoms with Gasteiger partial charge < -0.3 is 14.6 Å². The maximum Gasteiger partial charge on any atom is 0.232 e. The van der Waals surface area contributed by atoms with E-state index in [0.717, 1.165) is 35.5 Å². The number of imidazole rings is 1. The van der Waals surface area contributed by atoms with E-state index < -0.39 is 0 Å². The topological polar surface area (TPSA) is 61.5 Å². The molecule has 1 saturated heterocycles. The molecule has 4 rings (SSSR count). The SMILES string of the molecule is COc1ccc(CN2CCN(C(=O)CSC(C)c3nc4ccccc4[nH]3)CC2)cc1F. The molecule has 31 heavy (non-hydrogen) atoms. The summed E-state index contributed by atoms with van der Waals surface area (Å²) in [6.45, 7) is 5.68. The number of aromatic nitrogens is 2. The lowest BCUT2D eigenvalue weighted by atomic mass is 10.2. The molecule has 1 aliphatic rings. The van der Waals surface area contributed by atoms with Gasteiger partial charge in [0.2, 0.25) is 5.91 Å². The van der Waals surface area contributed by atoms with Gasteiger partial charge in [0.1, 0.15) is 5.82 Å². The monoisotopic (exact) mass is 442 g/mol. The molecule has 0 spiro atoms. The number of carbonyl (C=O) groups excluding carboxylic acids is 1. The first-order valence-corrected chi connectivity index (χ1v) is 11.5. The van der Waals surface area contributed by atoms with Crippen LogP contribution in [0.1, 0.15) is 23.6 Å². The largest absolute Gasteiger partial charge is 0.494 e. The molecule has 1 N–H and O–H groups in total. The minimum Gasteiger partial charge on any atom is -0.494 e. The standard InChI is InChI=1S/C23H27FN4O2S/c1-16(23-25-19-5-3-4-6-20(19)26-23)31-15-22(29)28-11-9-27(10-12-28)14-17-7-8-21(30-2)18(24)13-17/h3-8,13,16H,9-12,14-15H2,1-2H3,(H,25,26). The Labute approximate surface area is 185 Å².